The second-order valence-corrected chi connectivity index (χ2v) is 9.42. The lowest BCUT2D eigenvalue weighted by atomic mass is 9.68. The maximum atomic E-state index is 13.4. The molecule has 6 nitrogen and oxygen atoms in total. The van der Waals surface area contributed by atoms with Crippen LogP contribution >= 0.6 is 0 Å². The molecule has 2 fully saturated rings. The highest BCUT2D eigenvalue weighted by Gasteiger charge is 2.51. The fourth-order valence-electron chi connectivity index (χ4n) is 5.50. The third kappa shape index (κ3) is 4.13. The fourth-order valence-corrected chi connectivity index (χ4v) is 5.50. The number of aromatic amines is 1. The van der Waals surface area contributed by atoms with Gasteiger partial charge in [-0.25, -0.2) is 4.39 Å². The third-order valence-corrected chi connectivity index (χ3v) is 7.29. The first kappa shape index (κ1) is 21.6. The number of hydrogen-bond acceptors (Lipinski definition) is 3. The van der Waals surface area contributed by atoms with Crippen LogP contribution < -0.4 is 10.6 Å². The summed E-state index contributed by atoms with van der Waals surface area (Å²) in [5, 5.41) is 7.15. The van der Waals surface area contributed by atoms with E-state index in [-0.39, 0.29) is 29.6 Å². The number of para-hydroxylation sites is 1. The van der Waals surface area contributed by atoms with Gasteiger partial charge in [0.15, 0.2) is 0 Å². The molecule has 1 spiro atoms. The van der Waals surface area contributed by atoms with Crippen molar-refractivity contribution in [3.05, 3.63) is 71.7 Å². The van der Waals surface area contributed by atoms with Crippen LogP contribution in [0.4, 0.5) is 4.39 Å². The van der Waals surface area contributed by atoms with Gasteiger partial charge in [0.05, 0.1) is 5.41 Å². The molecule has 3 heterocycles. The Bertz CT molecular complexity index is 1130. The lowest BCUT2D eigenvalue weighted by molar-refractivity contribution is -0.130. The number of piperidine rings is 1. The molecule has 3 aromatic rings. The number of aromatic nitrogens is 1. The summed E-state index contributed by atoms with van der Waals surface area (Å²) >= 11 is 0. The standard InChI is InChI=1S/C26H29FN4O2/c1-17(29-24(32)23-14-19-4-2-3-5-22(19)30-23)16-31-12-10-26(11-13-31)21(15-28-25(26)33)18-6-8-20(27)9-7-18/h2-9,14,17,21,30H,10-13,15-16H2,1H3,(H,28,33)(H,29,32)/t17-,21+/m0/s1. The number of amides is 2. The van der Waals surface area contributed by atoms with Crippen molar-refractivity contribution >= 4 is 22.7 Å². The molecular weight excluding hydrogens is 419 g/mol. The Balaban J connectivity index is 1.19. The number of nitrogens with one attached hydrogen (secondary N) is 3. The average molecular weight is 449 g/mol. The second kappa shape index (κ2) is 8.63. The van der Waals surface area contributed by atoms with Crippen LogP contribution in [0.15, 0.2) is 54.6 Å². The van der Waals surface area contributed by atoms with E-state index in [0.717, 1.165) is 48.9 Å². The molecule has 172 valence electrons. The molecule has 2 saturated heterocycles. The molecule has 2 aliphatic heterocycles. The second-order valence-electron chi connectivity index (χ2n) is 9.42. The number of fused-ring (bicyclic) bond motifs is 1. The number of H-pyrrole nitrogens is 1. The van der Waals surface area contributed by atoms with Gasteiger partial charge in [0.25, 0.3) is 5.91 Å². The normalized spacial score (nSPS) is 21.3. The van der Waals surface area contributed by atoms with Gasteiger partial charge in [-0.1, -0.05) is 30.3 Å². The molecular formula is C26H29FN4O2. The summed E-state index contributed by atoms with van der Waals surface area (Å²) in [5.41, 5.74) is 2.08. The Morgan fingerprint density at radius 3 is 2.64 bits per heavy atom. The highest BCUT2D eigenvalue weighted by molar-refractivity contribution is 5.98. The van der Waals surface area contributed by atoms with E-state index in [9.17, 15) is 14.0 Å². The molecule has 2 atom stereocenters. The molecule has 7 heteroatoms. The number of rotatable bonds is 5. The summed E-state index contributed by atoms with van der Waals surface area (Å²) in [6.45, 7) is 4.91. The summed E-state index contributed by atoms with van der Waals surface area (Å²) in [4.78, 5) is 31.0. The van der Waals surface area contributed by atoms with Gasteiger partial charge in [0.1, 0.15) is 11.5 Å². The first-order chi connectivity index (χ1) is 15.9. The predicted octanol–water partition coefficient (Wildman–Crippen LogP) is 3.42. The van der Waals surface area contributed by atoms with Crippen molar-refractivity contribution in [1.29, 1.82) is 0 Å². The summed E-state index contributed by atoms with van der Waals surface area (Å²) < 4.78 is 13.4. The Kier molecular flexibility index (Phi) is 5.66. The van der Waals surface area contributed by atoms with Crippen LogP contribution in [0.25, 0.3) is 10.9 Å². The first-order valence-corrected chi connectivity index (χ1v) is 11.6. The van der Waals surface area contributed by atoms with E-state index in [4.69, 9.17) is 0 Å². The summed E-state index contributed by atoms with van der Waals surface area (Å²) in [7, 11) is 0. The molecule has 0 unspecified atom stereocenters. The Morgan fingerprint density at radius 2 is 1.91 bits per heavy atom. The van der Waals surface area contributed by atoms with Crippen molar-refractivity contribution in [3.8, 4) is 0 Å². The SMILES string of the molecule is C[C@@H](CN1CCC2(CC1)C(=O)NC[C@@H]2c1ccc(F)cc1)NC(=O)c1cc2ccccc2[nH]1. The van der Waals surface area contributed by atoms with Gasteiger partial charge in [0, 0.05) is 36.0 Å². The minimum Gasteiger partial charge on any atom is -0.355 e. The molecule has 1 aromatic heterocycles. The average Bonchev–Trinajstić information content (AvgIpc) is 3.38. The number of carbonyl (C=O) groups is 2. The summed E-state index contributed by atoms with van der Waals surface area (Å²) in [6, 6.07) is 16.2. The van der Waals surface area contributed by atoms with E-state index < -0.39 is 5.41 Å². The van der Waals surface area contributed by atoms with Crippen LogP contribution in [0.2, 0.25) is 0 Å². The van der Waals surface area contributed by atoms with E-state index in [1.165, 1.54) is 12.1 Å². The quantitative estimate of drug-likeness (QED) is 0.560. The number of likely N-dealkylation sites (tertiary alicyclic amines) is 1. The van der Waals surface area contributed by atoms with E-state index >= 15 is 0 Å². The topological polar surface area (TPSA) is 77.2 Å². The van der Waals surface area contributed by atoms with E-state index in [1.807, 2.05) is 37.3 Å². The van der Waals surface area contributed by atoms with Gasteiger partial charge in [-0.3, -0.25) is 9.59 Å². The molecule has 0 bridgehead atoms. The zero-order chi connectivity index (χ0) is 23.0. The highest BCUT2D eigenvalue weighted by atomic mass is 19.1. The lowest BCUT2D eigenvalue weighted by Gasteiger charge is -2.41. The van der Waals surface area contributed by atoms with Crippen LogP contribution in [0.3, 0.4) is 0 Å². The summed E-state index contributed by atoms with van der Waals surface area (Å²) in [6.07, 6.45) is 1.51. The van der Waals surface area contributed by atoms with Crippen LogP contribution in [0.5, 0.6) is 0 Å². The predicted molar refractivity (Wildman–Crippen MR) is 125 cm³/mol. The molecule has 5 rings (SSSR count). The zero-order valence-electron chi connectivity index (χ0n) is 18.7. The zero-order valence-corrected chi connectivity index (χ0v) is 18.7. The molecule has 2 amide bonds. The van der Waals surface area contributed by atoms with Crippen LogP contribution in [-0.2, 0) is 4.79 Å². The minimum absolute atomic E-state index is 0.0248. The molecule has 2 aromatic carbocycles. The van der Waals surface area contributed by atoms with Crippen LogP contribution in [0.1, 0.15) is 41.7 Å². The minimum atomic E-state index is -0.439. The number of hydrogen-bond donors (Lipinski definition) is 3. The van der Waals surface area contributed by atoms with Crippen LogP contribution in [-0.4, -0.2) is 53.9 Å². The monoisotopic (exact) mass is 448 g/mol. The van der Waals surface area contributed by atoms with Crippen molar-refractivity contribution in [1.82, 2.24) is 20.5 Å². The molecule has 0 saturated carbocycles. The molecule has 33 heavy (non-hydrogen) atoms. The summed E-state index contributed by atoms with van der Waals surface area (Å²) in [5.74, 6) is -0.203. The van der Waals surface area contributed by atoms with Gasteiger partial charge >= 0.3 is 0 Å². The van der Waals surface area contributed by atoms with Gasteiger partial charge < -0.3 is 20.5 Å². The van der Waals surface area contributed by atoms with Gasteiger partial charge in [-0.05, 0) is 62.7 Å². The lowest BCUT2D eigenvalue weighted by Crippen LogP contribution is -2.49. The van der Waals surface area contributed by atoms with Crippen molar-refractivity contribution in [2.75, 3.05) is 26.2 Å². The van der Waals surface area contributed by atoms with E-state index in [1.54, 1.807) is 12.1 Å². The number of halogens is 1. The number of carbonyl (C=O) groups excluding carboxylic acids is 2. The molecule has 3 N–H and O–H groups in total. The number of benzene rings is 2. The Labute approximate surface area is 192 Å². The Morgan fingerprint density at radius 1 is 1.18 bits per heavy atom. The fraction of sp³-hybridized carbons (Fsp3) is 0.385. The molecule has 0 aliphatic carbocycles. The maximum Gasteiger partial charge on any atom is 0.267 e. The Hall–Kier alpha value is -3.19. The third-order valence-electron chi connectivity index (χ3n) is 7.29. The first-order valence-electron chi connectivity index (χ1n) is 11.6. The van der Waals surface area contributed by atoms with Crippen molar-refractivity contribution in [3.63, 3.8) is 0 Å². The molecule has 0 radical (unpaired) electrons. The van der Waals surface area contributed by atoms with Crippen molar-refractivity contribution in [2.45, 2.75) is 31.7 Å². The van der Waals surface area contributed by atoms with Gasteiger partial charge in [-0.2, -0.15) is 0 Å². The largest absolute Gasteiger partial charge is 0.355 e. The molecule has 2 aliphatic rings. The van der Waals surface area contributed by atoms with E-state index in [0.29, 0.717) is 12.2 Å². The van der Waals surface area contributed by atoms with Gasteiger partial charge in [0.2, 0.25) is 5.91 Å². The van der Waals surface area contributed by atoms with Crippen molar-refractivity contribution < 1.29 is 14.0 Å². The van der Waals surface area contributed by atoms with Crippen molar-refractivity contribution in [2.24, 2.45) is 5.41 Å². The highest BCUT2D eigenvalue weighted by Crippen LogP contribution is 2.47. The van der Waals surface area contributed by atoms with E-state index in [2.05, 4.69) is 20.5 Å². The maximum absolute atomic E-state index is 13.4. The van der Waals surface area contributed by atoms with Gasteiger partial charge in [-0.15, -0.1) is 0 Å². The van der Waals surface area contributed by atoms with Crippen LogP contribution in [0, 0.1) is 11.2 Å². The smallest absolute Gasteiger partial charge is 0.267 e. The number of nitrogens with zero attached hydrogens (tertiary/aromatic N) is 1.